The largest absolute Gasteiger partial charge is 0.481 e. The summed E-state index contributed by atoms with van der Waals surface area (Å²) in [6, 6.07) is 16.7. The maximum atomic E-state index is 12.5. The fourth-order valence-corrected chi connectivity index (χ4v) is 2.32. The summed E-state index contributed by atoms with van der Waals surface area (Å²) in [4.78, 5) is 23.1. The van der Waals surface area contributed by atoms with Gasteiger partial charge >= 0.3 is 5.97 Å². The number of aryl methyl sites for hydroxylation is 1. The number of amides is 1. The third kappa shape index (κ3) is 4.84. The molecule has 126 valence electrons. The Morgan fingerprint density at radius 2 is 1.75 bits per heavy atom. The monoisotopic (exact) mass is 327 g/mol. The highest BCUT2D eigenvalue weighted by atomic mass is 16.5. The van der Waals surface area contributed by atoms with Crippen LogP contribution < -0.4 is 10.1 Å². The van der Waals surface area contributed by atoms with Crippen LogP contribution in [0.15, 0.2) is 54.6 Å². The van der Waals surface area contributed by atoms with Gasteiger partial charge in [0, 0.05) is 12.1 Å². The molecule has 2 rings (SSSR count). The van der Waals surface area contributed by atoms with Crippen molar-refractivity contribution in [3.05, 3.63) is 65.7 Å². The first-order valence-electron chi connectivity index (χ1n) is 7.90. The van der Waals surface area contributed by atoms with Crippen LogP contribution in [-0.2, 0) is 16.0 Å². The Morgan fingerprint density at radius 1 is 1.08 bits per heavy atom. The van der Waals surface area contributed by atoms with Crippen molar-refractivity contribution in [3.8, 4) is 5.75 Å². The number of para-hydroxylation sites is 1. The van der Waals surface area contributed by atoms with Crippen molar-refractivity contribution in [2.24, 2.45) is 0 Å². The van der Waals surface area contributed by atoms with Gasteiger partial charge in [0.05, 0.1) is 6.42 Å². The molecule has 0 fully saturated rings. The molecular weight excluding hydrogens is 306 g/mol. The van der Waals surface area contributed by atoms with Crippen molar-refractivity contribution < 1.29 is 19.4 Å². The molecule has 0 aliphatic carbocycles. The zero-order valence-electron chi connectivity index (χ0n) is 13.6. The molecule has 2 N–H and O–H groups in total. The Hall–Kier alpha value is -2.82. The number of hydrogen-bond acceptors (Lipinski definition) is 3. The SMILES string of the molecule is CCc1ccccc1OC(C(=O)NCCC(=O)O)c1ccccc1. The molecule has 0 aliphatic rings. The summed E-state index contributed by atoms with van der Waals surface area (Å²) >= 11 is 0. The van der Waals surface area contributed by atoms with Gasteiger partial charge in [0.2, 0.25) is 6.10 Å². The van der Waals surface area contributed by atoms with Gasteiger partial charge in [0.15, 0.2) is 0 Å². The molecule has 1 amide bonds. The Balaban J connectivity index is 2.20. The first-order valence-corrected chi connectivity index (χ1v) is 7.90. The van der Waals surface area contributed by atoms with E-state index in [1.165, 1.54) is 0 Å². The second-order valence-electron chi connectivity index (χ2n) is 5.30. The van der Waals surface area contributed by atoms with Crippen molar-refractivity contribution >= 4 is 11.9 Å². The van der Waals surface area contributed by atoms with Crippen LogP contribution in [-0.4, -0.2) is 23.5 Å². The van der Waals surface area contributed by atoms with Crippen molar-refractivity contribution in [1.82, 2.24) is 5.32 Å². The molecule has 0 radical (unpaired) electrons. The van der Waals surface area contributed by atoms with Gasteiger partial charge in [0.25, 0.3) is 5.91 Å². The minimum Gasteiger partial charge on any atom is -0.481 e. The van der Waals surface area contributed by atoms with Gasteiger partial charge in [-0.1, -0.05) is 55.5 Å². The normalized spacial score (nSPS) is 11.5. The Bertz CT molecular complexity index is 685. The van der Waals surface area contributed by atoms with Crippen LogP contribution >= 0.6 is 0 Å². The van der Waals surface area contributed by atoms with Gasteiger partial charge < -0.3 is 15.2 Å². The molecule has 2 aromatic rings. The van der Waals surface area contributed by atoms with E-state index in [0.29, 0.717) is 5.75 Å². The molecule has 0 bridgehead atoms. The highest BCUT2D eigenvalue weighted by molar-refractivity contribution is 5.83. The summed E-state index contributed by atoms with van der Waals surface area (Å²) in [5.74, 6) is -0.653. The minimum atomic E-state index is -0.955. The zero-order chi connectivity index (χ0) is 17.4. The number of nitrogens with one attached hydrogen (secondary N) is 1. The fraction of sp³-hybridized carbons (Fsp3) is 0.263. The van der Waals surface area contributed by atoms with Gasteiger partial charge in [-0.2, -0.15) is 0 Å². The molecule has 0 saturated heterocycles. The summed E-state index contributed by atoms with van der Waals surface area (Å²) in [6.07, 6.45) is -0.162. The number of carbonyl (C=O) groups excluding carboxylic acids is 1. The van der Waals surface area contributed by atoms with Gasteiger partial charge in [0.1, 0.15) is 5.75 Å². The highest BCUT2D eigenvalue weighted by Crippen LogP contribution is 2.26. The third-order valence-corrected chi connectivity index (χ3v) is 3.58. The maximum Gasteiger partial charge on any atom is 0.305 e. The molecule has 5 nitrogen and oxygen atoms in total. The molecular formula is C19H21NO4. The van der Waals surface area contributed by atoms with E-state index in [4.69, 9.17) is 9.84 Å². The number of carboxylic acid groups (broad SMARTS) is 1. The molecule has 2 aromatic carbocycles. The van der Waals surface area contributed by atoms with Gasteiger partial charge in [-0.15, -0.1) is 0 Å². The minimum absolute atomic E-state index is 0.0658. The van der Waals surface area contributed by atoms with Crippen LogP contribution in [0, 0.1) is 0 Å². The number of benzene rings is 2. The molecule has 5 heteroatoms. The fourth-order valence-electron chi connectivity index (χ4n) is 2.32. The van der Waals surface area contributed by atoms with E-state index in [1.807, 2.05) is 61.5 Å². The molecule has 0 aromatic heterocycles. The second kappa shape index (κ2) is 8.72. The van der Waals surface area contributed by atoms with E-state index >= 15 is 0 Å². The van der Waals surface area contributed by atoms with Crippen LogP contribution in [0.5, 0.6) is 5.75 Å². The lowest BCUT2D eigenvalue weighted by molar-refractivity contribution is -0.137. The zero-order valence-corrected chi connectivity index (χ0v) is 13.6. The van der Waals surface area contributed by atoms with Crippen LogP contribution in [0.25, 0.3) is 0 Å². The predicted molar refractivity (Wildman–Crippen MR) is 90.9 cm³/mol. The average molecular weight is 327 g/mol. The summed E-state index contributed by atoms with van der Waals surface area (Å²) in [7, 11) is 0. The summed E-state index contributed by atoms with van der Waals surface area (Å²) < 4.78 is 5.98. The van der Waals surface area contributed by atoms with Crippen LogP contribution in [0.1, 0.15) is 30.6 Å². The standard InChI is InChI=1S/C19H21NO4/c1-2-14-8-6-7-11-16(14)24-18(15-9-4-3-5-10-15)19(23)20-13-12-17(21)22/h3-11,18H,2,12-13H2,1H3,(H,20,23)(H,21,22). The van der Waals surface area contributed by atoms with Gasteiger partial charge in [-0.25, -0.2) is 0 Å². The van der Waals surface area contributed by atoms with Crippen molar-refractivity contribution in [3.63, 3.8) is 0 Å². The van der Waals surface area contributed by atoms with E-state index in [2.05, 4.69) is 5.32 Å². The van der Waals surface area contributed by atoms with E-state index < -0.39 is 12.1 Å². The number of hydrogen-bond donors (Lipinski definition) is 2. The number of ether oxygens (including phenoxy) is 1. The van der Waals surface area contributed by atoms with Crippen LogP contribution in [0.3, 0.4) is 0 Å². The topological polar surface area (TPSA) is 75.6 Å². The van der Waals surface area contributed by atoms with Crippen LogP contribution in [0.2, 0.25) is 0 Å². The van der Waals surface area contributed by atoms with Crippen molar-refractivity contribution in [2.75, 3.05) is 6.54 Å². The number of carboxylic acids is 1. The highest BCUT2D eigenvalue weighted by Gasteiger charge is 2.23. The molecule has 0 aliphatic heterocycles. The van der Waals surface area contributed by atoms with E-state index in [0.717, 1.165) is 17.5 Å². The lowest BCUT2D eigenvalue weighted by atomic mass is 10.1. The molecule has 24 heavy (non-hydrogen) atoms. The van der Waals surface area contributed by atoms with Gasteiger partial charge in [-0.3, -0.25) is 9.59 Å². The summed E-state index contributed by atoms with van der Waals surface area (Å²) in [5, 5.41) is 11.3. The molecule has 1 atom stereocenters. The van der Waals surface area contributed by atoms with Gasteiger partial charge in [-0.05, 0) is 18.1 Å². The summed E-state index contributed by atoms with van der Waals surface area (Å²) in [6.45, 7) is 2.09. The lowest BCUT2D eigenvalue weighted by Crippen LogP contribution is -2.34. The molecule has 1 unspecified atom stereocenters. The Morgan fingerprint density at radius 3 is 2.42 bits per heavy atom. The summed E-state index contributed by atoms with van der Waals surface area (Å²) in [5.41, 5.74) is 1.73. The maximum absolute atomic E-state index is 12.5. The molecule has 0 heterocycles. The lowest BCUT2D eigenvalue weighted by Gasteiger charge is -2.20. The van der Waals surface area contributed by atoms with E-state index in [1.54, 1.807) is 0 Å². The van der Waals surface area contributed by atoms with Crippen molar-refractivity contribution in [2.45, 2.75) is 25.9 Å². The predicted octanol–water partition coefficient (Wildman–Crippen LogP) is 2.96. The second-order valence-corrected chi connectivity index (χ2v) is 5.30. The molecule has 0 saturated carbocycles. The number of aliphatic carboxylic acids is 1. The van der Waals surface area contributed by atoms with E-state index in [9.17, 15) is 9.59 Å². The van der Waals surface area contributed by atoms with E-state index in [-0.39, 0.29) is 18.9 Å². The smallest absolute Gasteiger partial charge is 0.305 e. The first-order chi connectivity index (χ1) is 11.6. The average Bonchev–Trinajstić information content (AvgIpc) is 2.60. The third-order valence-electron chi connectivity index (χ3n) is 3.58. The van der Waals surface area contributed by atoms with Crippen molar-refractivity contribution in [1.29, 1.82) is 0 Å². The first kappa shape index (κ1) is 17.5. The Labute approximate surface area is 141 Å². The number of carbonyl (C=O) groups is 2. The quantitative estimate of drug-likeness (QED) is 0.781. The molecule has 0 spiro atoms. The van der Waals surface area contributed by atoms with Crippen LogP contribution in [0.4, 0.5) is 0 Å². The Kier molecular flexibility index (Phi) is 6.37. The number of rotatable bonds is 8.